The minimum absolute atomic E-state index is 0. The first kappa shape index (κ1) is 17.3. The van der Waals surface area contributed by atoms with Gasteiger partial charge in [0.15, 0.2) is 0 Å². The molecule has 2 rings (SSSR count). The second-order valence-corrected chi connectivity index (χ2v) is 5.88. The van der Waals surface area contributed by atoms with Crippen molar-refractivity contribution in [1.82, 2.24) is 4.90 Å². The number of piperidine rings is 1. The zero-order chi connectivity index (χ0) is 14.0. The van der Waals surface area contributed by atoms with Crippen molar-refractivity contribution >= 4 is 34.2 Å². The summed E-state index contributed by atoms with van der Waals surface area (Å²) < 4.78 is 5.97. The lowest BCUT2D eigenvalue weighted by Crippen LogP contribution is -2.48. The molecule has 1 aliphatic heterocycles. The summed E-state index contributed by atoms with van der Waals surface area (Å²) in [6.45, 7) is 3.52. The Morgan fingerprint density at radius 3 is 2.80 bits per heavy atom. The zero-order valence-electron chi connectivity index (χ0n) is 11.6. The van der Waals surface area contributed by atoms with Gasteiger partial charge in [-0.3, -0.25) is 4.79 Å². The first-order valence-corrected chi connectivity index (χ1v) is 7.20. The first-order valence-electron chi connectivity index (χ1n) is 6.41. The Morgan fingerprint density at radius 1 is 1.50 bits per heavy atom. The molecule has 1 heterocycles. The average molecular weight is 364 g/mol. The lowest BCUT2D eigenvalue weighted by atomic mass is 9.94. The zero-order valence-corrected chi connectivity index (χ0v) is 14.0. The SMILES string of the molecule is COc1ccc(Br)c(C(=O)N2CCC(N)C(C)C2)c1.Cl. The van der Waals surface area contributed by atoms with Gasteiger partial charge in [0.25, 0.3) is 5.91 Å². The molecule has 4 nitrogen and oxygen atoms in total. The molecule has 1 aliphatic rings. The molecule has 2 atom stereocenters. The monoisotopic (exact) mass is 362 g/mol. The lowest BCUT2D eigenvalue weighted by molar-refractivity contribution is 0.0663. The number of halogens is 2. The van der Waals surface area contributed by atoms with Gasteiger partial charge in [-0.1, -0.05) is 6.92 Å². The fourth-order valence-electron chi connectivity index (χ4n) is 2.31. The van der Waals surface area contributed by atoms with Crippen molar-refractivity contribution in [3.8, 4) is 5.75 Å². The van der Waals surface area contributed by atoms with Crippen LogP contribution in [0.4, 0.5) is 0 Å². The van der Waals surface area contributed by atoms with Crippen molar-refractivity contribution in [1.29, 1.82) is 0 Å². The highest BCUT2D eigenvalue weighted by atomic mass is 79.9. The van der Waals surface area contributed by atoms with Crippen molar-refractivity contribution in [2.45, 2.75) is 19.4 Å². The number of carbonyl (C=O) groups is 1. The van der Waals surface area contributed by atoms with E-state index in [2.05, 4.69) is 22.9 Å². The molecule has 2 unspecified atom stereocenters. The Labute approximate surface area is 134 Å². The Kier molecular flexibility index (Phi) is 6.30. The van der Waals surface area contributed by atoms with Crippen LogP contribution in [0.2, 0.25) is 0 Å². The Hall–Kier alpha value is -0.780. The van der Waals surface area contributed by atoms with Crippen LogP contribution in [-0.4, -0.2) is 37.0 Å². The second kappa shape index (κ2) is 7.29. The minimum atomic E-state index is 0. The van der Waals surface area contributed by atoms with Crippen LogP contribution in [-0.2, 0) is 0 Å². The van der Waals surface area contributed by atoms with Crippen LogP contribution in [0.25, 0.3) is 0 Å². The third kappa shape index (κ3) is 3.65. The number of amides is 1. The molecule has 0 spiro atoms. The van der Waals surface area contributed by atoms with Crippen molar-refractivity contribution in [3.63, 3.8) is 0 Å². The van der Waals surface area contributed by atoms with E-state index >= 15 is 0 Å². The normalized spacial score (nSPS) is 22.1. The number of carbonyl (C=O) groups excluding carboxylic acids is 1. The molecule has 112 valence electrons. The fourth-order valence-corrected chi connectivity index (χ4v) is 2.73. The molecular weight excluding hydrogens is 344 g/mol. The van der Waals surface area contributed by atoms with Gasteiger partial charge in [0, 0.05) is 23.6 Å². The quantitative estimate of drug-likeness (QED) is 0.879. The van der Waals surface area contributed by atoms with Gasteiger partial charge in [-0.05, 0) is 46.5 Å². The number of nitrogens with two attached hydrogens (primary N) is 1. The molecule has 1 aromatic rings. The summed E-state index contributed by atoms with van der Waals surface area (Å²) in [6.07, 6.45) is 0.856. The summed E-state index contributed by atoms with van der Waals surface area (Å²) >= 11 is 3.43. The summed E-state index contributed by atoms with van der Waals surface area (Å²) in [5.74, 6) is 1.06. The number of ether oxygens (including phenoxy) is 1. The van der Waals surface area contributed by atoms with Crippen LogP contribution >= 0.6 is 28.3 Å². The molecule has 0 saturated carbocycles. The number of rotatable bonds is 2. The van der Waals surface area contributed by atoms with E-state index in [-0.39, 0.29) is 24.4 Å². The topological polar surface area (TPSA) is 55.6 Å². The van der Waals surface area contributed by atoms with E-state index in [0.717, 1.165) is 10.9 Å². The maximum Gasteiger partial charge on any atom is 0.255 e. The van der Waals surface area contributed by atoms with Crippen LogP contribution in [0.5, 0.6) is 5.75 Å². The summed E-state index contributed by atoms with van der Waals surface area (Å²) in [6, 6.07) is 5.63. The van der Waals surface area contributed by atoms with E-state index in [1.807, 2.05) is 17.0 Å². The van der Waals surface area contributed by atoms with E-state index in [1.54, 1.807) is 13.2 Å². The van der Waals surface area contributed by atoms with Crippen molar-refractivity contribution < 1.29 is 9.53 Å². The average Bonchev–Trinajstić information content (AvgIpc) is 2.41. The molecule has 1 saturated heterocycles. The molecule has 1 amide bonds. The molecule has 2 N–H and O–H groups in total. The number of hydrogen-bond donors (Lipinski definition) is 1. The molecule has 20 heavy (non-hydrogen) atoms. The highest BCUT2D eigenvalue weighted by Crippen LogP contribution is 2.25. The maximum absolute atomic E-state index is 12.5. The van der Waals surface area contributed by atoms with E-state index in [1.165, 1.54) is 0 Å². The van der Waals surface area contributed by atoms with Crippen LogP contribution in [0.15, 0.2) is 22.7 Å². The highest BCUT2D eigenvalue weighted by Gasteiger charge is 2.27. The van der Waals surface area contributed by atoms with Crippen LogP contribution in [0, 0.1) is 5.92 Å². The third-order valence-electron chi connectivity index (χ3n) is 3.66. The largest absolute Gasteiger partial charge is 0.497 e. The van der Waals surface area contributed by atoms with Gasteiger partial charge in [-0.2, -0.15) is 0 Å². The predicted octanol–water partition coefficient (Wildman–Crippen LogP) is 2.69. The summed E-state index contributed by atoms with van der Waals surface area (Å²) in [5.41, 5.74) is 6.63. The number of methoxy groups -OCH3 is 1. The molecule has 1 aromatic carbocycles. The molecule has 6 heteroatoms. The Balaban J connectivity index is 0.00000200. The van der Waals surface area contributed by atoms with Crippen LogP contribution in [0.3, 0.4) is 0 Å². The van der Waals surface area contributed by atoms with Gasteiger partial charge in [0.05, 0.1) is 12.7 Å². The standard InChI is InChI=1S/C14H19BrN2O2.ClH/c1-9-8-17(6-5-13(9)16)14(18)11-7-10(19-2)3-4-12(11)15;/h3-4,7,9,13H,5-6,8,16H2,1-2H3;1H. The maximum atomic E-state index is 12.5. The van der Waals surface area contributed by atoms with Gasteiger partial charge in [-0.15, -0.1) is 12.4 Å². The molecule has 0 aliphatic carbocycles. The third-order valence-corrected chi connectivity index (χ3v) is 4.35. The van der Waals surface area contributed by atoms with Gasteiger partial charge in [0.1, 0.15) is 5.75 Å². The molecule has 0 aromatic heterocycles. The second-order valence-electron chi connectivity index (χ2n) is 5.03. The van der Waals surface area contributed by atoms with Crippen LogP contribution < -0.4 is 10.5 Å². The number of benzene rings is 1. The number of hydrogen-bond acceptors (Lipinski definition) is 3. The lowest BCUT2D eigenvalue weighted by Gasteiger charge is -2.35. The van der Waals surface area contributed by atoms with E-state index in [9.17, 15) is 4.79 Å². The number of nitrogens with zero attached hydrogens (tertiary/aromatic N) is 1. The highest BCUT2D eigenvalue weighted by molar-refractivity contribution is 9.10. The number of likely N-dealkylation sites (tertiary alicyclic amines) is 1. The predicted molar refractivity (Wildman–Crippen MR) is 85.6 cm³/mol. The smallest absolute Gasteiger partial charge is 0.255 e. The summed E-state index contributed by atoms with van der Waals surface area (Å²) in [7, 11) is 1.60. The van der Waals surface area contributed by atoms with Gasteiger partial charge in [-0.25, -0.2) is 0 Å². The fraction of sp³-hybridized carbons (Fsp3) is 0.500. The van der Waals surface area contributed by atoms with E-state index in [4.69, 9.17) is 10.5 Å². The van der Waals surface area contributed by atoms with E-state index < -0.39 is 0 Å². The van der Waals surface area contributed by atoms with Crippen molar-refractivity contribution in [3.05, 3.63) is 28.2 Å². The summed E-state index contributed by atoms with van der Waals surface area (Å²) in [5, 5.41) is 0. The minimum Gasteiger partial charge on any atom is -0.497 e. The summed E-state index contributed by atoms with van der Waals surface area (Å²) in [4.78, 5) is 14.4. The van der Waals surface area contributed by atoms with Gasteiger partial charge < -0.3 is 15.4 Å². The first-order chi connectivity index (χ1) is 9.02. The molecule has 0 radical (unpaired) electrons. The van der Waals surface area contributed by atoms with Gasteiger partial charge in [0.2, 0.25) is 0 Å². The Morgan fingerprint density at radius 2 is 2.20 bits per heavy atom. The van der Waals surface area contributed by atoms with Crippen molar-refractivity contribution in [2.24, 2.45) is 11.7 Å². The molecular formula is C14H20BrClN2O2. The molecule has 0 bridgehead atoms. The van der Waals surface area contributed by atoms with E-state index in [0.29, 0.717) is 30.3 Å². The molecule has 1 fully saturated rings. The Bertz CT molecular complexity index is 484. The van der Waals surface area contributed by atoms with Crippen molar-refractivity contribution in [2.75, 3.05) is 20.2 Å². The van der Waals surface area contributed by atoms with Crippen LogP contribution in [0.1, 0.15) is 23.7 Å². The van der Waals surface area contributed by atoms with Gasteiger partial charge >= 0.3 is 0 Å².